The molecule has 1 N–H and O–H groups in total. The van der Waals surface area contributed by atoms with Crippen molar-refractivity contribution in [2.24, 2.45) is 0 Å². The van der Waals surface area contributed by atoms with E-state index in [-0.39, 0.29) is 11.6 Å². The van der Waals surface area contributed by atoms with Crippen molar-refractivity contribution < 1.29 is 9.26 Å². The topological polar surface area (TPSA) is 107 Å². The van der Waals surface area contributed by atoms with Crippen molar-refractivity contribution >= 4 is 5.65 Å². The number of aromatic amines is 1. The van der Waals surface area contributed by atoms with E-state index in [1.807, 2.05) is 58.6 Å². The fourth-order valence-electron chi connectivity index (χ4n) is 5.65. The fraction of sp³-hybridized carbons (Fsp3) is 0.333. The van der Waals surface area contributed by atoms with Gasteiger partial charge in [0.25, 0.3) is 5.56 Å². The Morgan fingerprint density at radius 3 is 2.46 bits per heavy atom. The first-order valence-electron chi connectivity index (χ1n) is 13.5. The molecule has 0 unspecified atom stereocenters. The lowest BCUT2D eigenvalue weighted by Gasteiger charge is -2.27. The molecule has 0 atom stereocenters. The first-order valence-corrected chi connectivity index (χ1v) is 13.5. The minimum absolute atomic E-state index is 0.0749. The van der Waals surface area contributed by atoms with Gasteiger partial charge in [0.2, 0.25) is 0 Å². The van der Waals surface area contributed by atoms with E-state index in [1.165, 1.54) is 0 Å². The smallest absolute Gasteiger partial charge is 0.381 e. The number of aromatic nitrogens is 5. The lowest BCUT2D eigenvalue weighted by atomic mass is 9.96. The summed E-state index contributed by atoms with van der Waals surface area (Å²) in [5, 5.41) is 8.58. The summed E-state index contributed by atoms with van der Waals surface area (Å²) in [6.07, 6.45) is 5.71. The highest BCUT2D eigenvalue weighted by atomic mass is 16.5. The molecular weight excluding hydrogens is 494 g/mol. The molecule has 6 rings (SSSR count). The number of rotatable bonds is 7. The summed E-state index contributed by atoms with van der Waals surface area (Å²) in [6, 6.07) is 16.0. The zero-order chi connectivity index (χ0) is 26.9. The minimum Gasteiger partial charge on any atom is -0.381 e. The average molecular weight is 526 g/mol. The number of ether oxygens (including phenoxy) is 1. The third kappa shape index (κ3) is 4.63. The summed E-state index contributed by atoms with van der Waals surface area (Å²) in [5.74, 6) is -0.200. The number of fused-ring (bicyclic) bond motifs is 1. The molecule has 0 saturated carbocycles. The zero-order valence-electron chi connectivity index (χ0n) is 22.1. The normalized spacial score (nSPS) is 14.3. The quantitative estimate of drug-likeness (QED) is 0.330. The molecule has 39 heavy (non-hydrogen) atoms. The number of hydrogen-bond acceptors (Lipinski definition) is 6. The predicted octanol–water partition coefficient (Wildman–Crippen LogP) is 4.71. The van der Waals surface area contributed by atoms with E-state index >= 15 is 0 Å². The predicted molar refractivity (Wildman–Crippen MR) is 148 cm³/mol. The van der Waals surface area contributed by atoms with Crippen molar-refractivity contribution in [3.05, 3.63) is 98.0 Å². The van der Waals surface area contributed by atoms with Crippen LogP contribution in [-0.2, 0) is 17.6 Å². The molecule has 1 saturated heterocycles. The van der Waals surface area contributed by atoms with E-state index in [4.69, 9.17) is 14.4 Å². The molecule has 3 aromatic heterocycles. The van der Waals surface area contributed by atoms with Gasteiger partial charge in [-0.3, -0.25) is 18.9 Å². The van der Waals surface area contributed by atoms with Crippen molar-refractivity contribution in [2.45, 2.75) is 52.0 Å². The van der Waals surface area contributed by atoms with Gasteiger partial charge in [-0.05, 0) is 42.9 Å². The van der Waals surface area contributed by atoms with Crippen LogP contribution in [0.2, 0.25) is 0 Å². The summed E-state index contributed by atoms with van der Waals surface area (Å²) < 4.78 is 14.3. The van der Waals surface area contributed by atoms with E-state index in [0.29, 0.717) is 25.5 Å². The Kier molecular flexibility index (Phi) is 6.74. The van der Waals surface area contributed by atoms with Crippen molar-refractivity contribution in [3.8, 4) is 22.5 Å². The molecule has 2 aromatic carbocycles. The van der Waals surface area contributed by atoms with E-state index in [0.717, 1.165) is 70.4 Å². The SMILES string of the molecule is CCCc1c(Cc2ccc(-c3ccccc3-c3noc(=O)[nH]3)cc2)c(=O)n(C2CCOCC2)c2c(C)cnn12. The first kappa shape index (κ1) is 25.1. The molecule has 0 aliphatic carbocycles. The highest BCUT2D eigenvalue weighted by Crippen LogP contribution is 2.31. The van der Waals surface area contributed by atoms with Crippen LogP contribution < -0.4 is 11.3 Å². The zero-order valence-corrected chi connectivity index (χ0v) is 22.1. The Balaban J connectivity index is 1.41. The molecule has 1 aliphatic heterocycles. The first-order chi connectivity index (χ1) is 19.0. The van der Waals surface area contributed by atoms with Crippen LogP contribution in [0, 0.1) is 6.92 Å². The molecule has 4 heterocycles. The van der Waals surface area contributed by atoms with E-state index < -0.39 is 5.76 Å². The Bertz CT molecular complexity index is 1740. The maximum absolute atomic E-state index is 14.2. The summed E-state index contributed by atoms with van der Waals surface area (Å²) in [6.45, 7) is 5.48. The number of aryl methyl sites for hydroxylation is 2. The maximum atomic E-state index is 14.2. The molecule has 0 bridgehead atoms. The third-order valence-electron chi connectivity index (χ3n) is 7.54. The van der Waals surface area contributed by atoms with Crippen LogP contribution >= 0.6 is 0 Å². The molecule has 1 fully saturated rings. The Morgan fingerprint density at radius 2 is 1.77 bits per heavy atom. The van der Waals surface area contributed by atoms with E-state index in [2.05, 4.69) is 29.2 Å². The lowest BCUT2D eigenvalue weighted by molar-refractivity contribution is 0.0694. The minimum atomic E-state index is -0.589. The number of hydrogen-bond donors (Lipinski definition) is 1. The van der Waals surface area contributed by atoms with Gasteiger partial charge in [0.05, 0.1) is 11.9 Å². The van der Waals surface area contributed by atoms with Gasteiger partial charge in [-0.25, -0.2) is 9.31 Å². The Hall–Kier alpha value is -4.24. The second kappa shape index (κ2) is 10.5. The summed E-state index contributed by atoms with van der Waals surface area (Å²) >= 11 is 0. The Labute approximate surface area is 225 Å². The van der Waals surface area contributed by atoms with Gasteiger partial charge in [-0.15, -0.1) is 0 Å². The number of nitrogens with zero attached hydrogens (tertiary/aromatic N) is 4. The lowest BCUT2D eigenvalue weighted by Crippen LogP contribution is -2.34. The van der Waals surface area contributed by atoms with Crippen LogP contribution in [-0.4, -0.2) is 37.5 Å². The van der Waals surface area contributed by atoms with Gasteiger partial charge < -0.3 is 4.74 Å². The van der Waals surface area contributed by atoms with Crippen LogP contribution in [0.3, 0.4) is 0 Å². The van der Waals surface area contributed by atoms with Gasteiger partial charge in [0.1, 0.15) is 5.65 Å². The van der Waals surface area contributed by atoms with Gasteiger partial charge in [0.15, 0.2) is 5.82 Å². The second-order valence-electron chi connectivity index (χ2n) is 10.1. The van der Waals surface area contributed by atoms with Crippen molar-refractivity contribution in [1.29, 1.82) is 0 Å². The molecule has 9 nitrogen and oxygen atoms in total. The van der Waals surface area contributed by atoms with Crippen LogP contribution in [0.1, 0.15) is 54.6 Å². The second-order valence-corrected chi connectivity index (χ2v) is 10.1. The summed E-state index contributed by atoms with van der Waals surface area (Å²) in [7, 11) is 0. The van der Waals surface area contributed by atoms with Gasteiger partial charge >= 0.3 is 5.76 Å². The maximum Gasteiger partial charge on any atom is 0.439 e. The average Bonchev–Trinajstić information content (AvgIpc) is 3.57. The van der Waals surface area contributed by atoms with Crippen LogP contribution in [0.15, 0.2) is 68.8 Å². The highest BCUT2D eigenvalue weighted by Gasteiger charge is 2.25. The summed E-state index contributed by atoms with van der Waals surface area (Å²) in [4.78, 5) is 28.3. The summed E-state index contributed by atoms with van der Waals surface area (Å²) in [5.41, 5.74) is 7.50. The third-order valence-corrected chi connectivity index (χ3v) is 7.54. The van der Waals surface area contributed by atoms with E-state index in [1.54, 1.807) is 0 Å². The van der Waals surface area contributed by atoms with Gasteiger partial charge in [-0.2, -0.15) is 5.10 Å². The molecule has 5 aromatic rings. The molecule has 0 amide bonds. The number of H-pyrrole nitrogens is 1. The van der Waals surface area contributed by atoms with Crippen molar-refractivity contribution in [2.75, 3.05) is 13.2 Å². The van der Waals surface area contributed by atoms with Crippen LogP contribution in [0.25, 0.3) is 28.2 Å². The number of nitrogens with one attached hydrogen (secondary N) is 1. The van der Waals surface area contributed by atoms with Crippen LogP contribution in [0.4, 0.5) is 0 Å². The van der Waals surface area contributed by atoms with Crippen LogP contribution in [0.5, 0.6) is 0 Å². The standard InChI is InChI=1S/C30H31N5O4/c1-3-6-26-25(29(36)34(22-13-15-38-16-14-22)28-19(2)18-31-35(26)28)17-20-9-11-21(12-10-20)23-7-4-5-8-24(23)27-32-30(37)39-33-27/h4-5,7-12,18,22H,3,6,13-17H2,1-2H3,(H,32,33,37). The fourth-order valence-corrected chi connectivity index (χ4v) is 5.65. The van der Waals surface area contributed by atoms with Crippen molar-refractivity contribution in [3.63, 3.8) is 0 Å². The molecule has 0 radical (unpaired) electrons. The Morgan fingerprint density at radius 1 is 1.03 bits per heavy atom. The molecule has 0 spiro atoms. The highest BCUT2D eigenvalue weighted by molar-refractivity contribution is 5.80. The van der Waals surface area contributed by atoms with E-state index in [9.17, 15) is 9.59 Å². The molecular formula is C30H31N5O4. The molecule has 1 aliphatic rings. The van der Waals surface area contributed by atoms with Gasteiger partial charge in [0, 0.05) is 42.4 Å². The van der Waals surface area contributed by atoms with Gasteiger partial charge in [-0.1, -0.05) is 67.0 Å². The van der Waals surface area contributed by atoms with Crippen molar-refractivity contribution in [1.82, 2.24) is 24.3 Å². The largest absolute Gasteiger partial charge is 0.439 e. The molecule has 9 heteroatoms. The monoisotopic (exact) mass is 525 g/mol. The molecule has 200 valence electrons. The number of benzene rings is 2.